The third kappa shape index (κ3) is 4.84. The third-order valence-corrected chi connectivity index (χ3v) is 2.79. The molecule has 0 saturated heterocycles. The Morgan fingerprint density at radius 1 is 1.47 bits per heavy atom. The number of nitrogen functional groups attached to an aromatic ring is 1. The van der Waals surface area contributed by atoms with Gasteiger partial charge in [-0.15, -0.1) is 0 Å². The van der Waals surface area contributed by atoms with Crippen molar-refractivity contribution in [2.45, 2.75) is 26.8 Å². The van der Waals surface area contributed by atoms with E-state index >= 15 is 0 Å². The molecule has 0 spiro atoms. The van der Waals surface area contributed by atoms with Gasteiger partial charge in [-0.25, -0.2) is 4.98 Å². The summed E-state index contributed by atoms with van der Waals surface area (Å²) in [6.45, 7) is 7.15. The van der Waals surface area contributed by atoms with E-state index in [1.54, 1.807) is 12.1 Å². The lowest BCUT2D eigenvalue weighted by Crippen LogP contribution is -2.42. The summed E-state index contributed by atoms with van der Waals surface area (Å²) in [4.78, 5) is 16.1. The first-order valence-corrected chi connectivity index (χ1v) is 6.39. The fraction of sp³-hybridized carbons (Fsp3) is 0.538. The van der Waals surface area contributed by atoms with Crippen molar-refractivity contribution < 1.29 is 9.53 Å². The lowest BCUT2D eigenvalue weighted by atomic mass is 10.1. The van der Waals surface area contributed by atoms with Crippen LogP contribution in [0.4, 0.5) is 5.69 Å². The van der Waals surface area contributed by atoms with Gasteiger partial charge in [-0.2, -0.15) is 0 Å². The van der Waals surface area contributed by atoms with Crippen molar-refractivity contribution in [2.75, 3.05) is 18.6 Å². The van der Waals surface area contributed by atoms with Crippen molar-refractivity contribution >= 4 is 11.6 Å². The van der Waals surface area contributed by atoms with Crippen molar-refractivity contribution in [2.24, 2.45) is 11.8 Å². The molecule has 0 aliphatic rings. The van der Waals surface area contributed by atoms with Crippen LogP contribution in [0.3, 0.4) is 0 Å². The van der Waals surface area contributed by atoms with Crippen LogP contribution in [0.2, 0.25) is 0 Å². The smallest absolute Gasteiger partial charge is 0.270 e. The van der Waals surface area contributed by atoms with E-state index in [1.165, 1.54) is 6.20 Å². The predicted molar refractivity (Wildman–Crippen MR) is 74.6 cm³/mol. The normalized spacial score (nSPS) is 12.3. The van der Waals surface area contributed by atoms with Gasteiger partial charge in [0.2, 0.25) is 0 Å². The fourth-order valence-electron chi connectivity index (χ4n) is 1.50. The van der Waals surface area contributed by atoms with Crippen LogP contribution in [0.5, 0.6) is 0 Å². The Morgan fingerprint density at radius 2 is 2.21 bits per heavy atom. The summed E-state index contributed by atoms with van der Waals surface area (Å²) in [5.41, 5.74) is 3.49. The number of rotatable bonds is 7. The predicted octanol–water partition coefficient (Wildman–Crippen LogP) is 1.16. The lowest BCUT2D eigenvalue weighted by molar-refractivity contribution is 0.0802. The van der Waals surface area contributed by atoms with Crippen molar-refractivity contribution in [1.29, 1.82) is 0 Å². The number of carbonyl (C=O) groups is 1. The van der Waals surface area contributed by atoms with Crippen LogP contribution in [0.15, 0.2) is 18.3 Å². The average Bonchev–Trinajstić information content (AvgIpc) is 2.43. The first kappa shape index (κ1) is 15.4. The number of carbonyl (C=O) groups excluding carboxylic acids is 1. The maximum absolute atomic E-state index is 12.0. The molecule has 0 fully saturated rings. The van der Waals surface area contributed by atoms with Crippen molar-refractivity contribution in [3.8, 4) is 0 Å². The van der Waals surface area contributed by atoms with Crippen LogP contribution >= 0.6 is 0 Å². The number of hydrazine groups is 1. The minimum atomic E-state index is -0.207. The Morgan fingerprint density at radius 3 is 2.68 bits per heavy atom. The highest BCUT2D eigenvalue weighted by Gasteiger charge is 2.17. The van der Waals surface area contributed by atoms with E-state index in [0.29, 0.717) is 30.5 Å². The SMILES string of the molecule is CCOCC(NC(=O)c1ccc(NN)cn1)C(C)C. The van der Waals surface area contributed by atoms with Crippen LogP contribution in [-0.2, 0) is 4.74 Å². The quantitative estimate of drug-likeness (QED) is 0.509. The second kappa shape index (κ2) is 7.70. The summed E-state index contributed by atoms with van der Waals surface area (Å²) in [6, 6.07) is 3.30. The van der Waals surface area contributed by atoms with Crippen LogP contribution in [0, 0.1) is 5.92 Å². The molecule has 0 saturated carbocycles. The van der Waals surface area contributed by atoms with E-state index in [9.17, 15) is 4.79 Å². The van der Waals surface area contributed by atoms with Crippen LogP contribution in [0.25, 0.3) is 0 Å². The van der Waals surface area contributed by atoms with Crippen molar-refractivity contribution in [1.82, 2.24) is 10.3 Å². The van der Waals surface area contributed by atoms with Gasteiger partial charge in [-0.05, 0) is 25.0 Å². The summed E-state index contributed by atoms with van der Waals surface area (Å²) in [6.07, 6.45) is 1.52. The number of anilines is 1. The van der Waals surface area contributed by atoms with E-state index in [2.05, 4.69) is 15.7 Å². The minimum absolute atomic E-state index is 0.0263. The molecule has 1 rings (SSSR count). The standard InChI is InChI=1S/C13H22N4O2/c1-4-19-8-12(9(2)3)16-13(18)11-6-5-10(17-14)7-15-11/h5-7,9,12,17H,4,8,14H2,1-3H3,(H,16,18). The van der Waals surface area contributed by atoms with Crippen molar-refractivity contribution in [3.63, 3.8) is 0 Å². The van der Waals surface area contributed by atoms with Gasteiger partial charge in [0.25, 0.3) is 5.91 Å². The zero-order valence-electron chi connectivity index (χ0n) is 11.6. The molecular weight excluding hydrogens is 244 g/mol. The zero-order chi connectivity index (χ0) is 14.3. The Balaban J connectivity index is 2.64. The van der Waals surface area contributed by atoms with Crippen LogP contribution in [0.1, 0.15) is 31.3 Å². The summed E-state index contributed by atoms with van der Waals surface area (Å²) in [5, 5.41) is 2.93. The minimum Gasteiger partial charge on any atom is -0.380 e. The Labute approximate surface area is 113 Å². The molecule has 0 aliphatic heterocycles. The first-order chi connectivity index (χ1) is 9.08. The topological polar surface area (TPSA) is 89.3 Å². The summed E-state index contributed by atoms with van der Waals surface area (Å²) >= 11 is 0. The molecule has 1 atom stereocenters. The van der Waals surface area contributed by atoms with Gasteiger partial charge in [-0.3, -0.25) is 10.6 Å². The highest BCUT2D eigenvalue weighted by Crippen LogP contribution is 2.07. The Kier molecular flexibility index (Phi) is 6.24. The highest BCUT2D eigenvalue weighted by atomic mass is 16.5. The van der Waals surface area contributed by atoms with E-state index in [1.807, 2.05) is 20.8 Å². The molecule has 0 bridgehead atoms. The van der Waals surface area contributed by atoms with Crippen LogP contribution < -0.4 is 16.6 Å². The van der Waals surface area contributed by atoms with E-state index < -0.39 is 0 Å². The Hall–Kier alpha value is -1.66. The second-order valence-electron chi connectivity index (χ2n) is 4.56. The molecule has 106 valence electrons. The monoisotopic (exact) mass is 266 g/mol. The molecule has 1 amide bonds. The molecule has 1 heterocycles. The molecule has 0 aliphatic carbocycles. The molecule has 0 aromatic carbocycles. The van der Waals surface area contributed by atoms with Gasteiger partial charge in [-0.1, -0.05) is 13.8 Å². The molecule has 1 unspecified atom stereocenters. The van der Waals surface area contributed by atoms with E-state index in [4.69, 9.17) is 10.6 Å². The number of aromatic nitrogens is 1. The maximum Gasteiger partial charge on any atom is 0.270 e. The van der Waals surface area contributed by atoms with Gasteiger partial charge < -0.3 is 15.5 Å². The second-order valence-corrected chi connectivity index (χ2v) is 4.56. The number of nitrogens with one attached hydrogen (secondary N) is 2. The van der Waals surface area contributed by atoms with Gasteiger partial charge in [0, 0.05) is 6.61 Å². The first-order valence-electron chi connectivity index (χ1n) is 6.39. The maximum atomic E-state index is 12.0. The largest absolute Gasteiger partial charge is 0.380 e. The average molecular weight is 266 g/mol. The molecule has 6 heteroatoms. The van der Waals surface area contributed by atoms with E-state index in [0.717, 1.165) is 0 Å². The molecule has 1 aromatic heterocycles. The number of pyridine rings is 1. The molecule has 6 nitrogen and oxygen atoms in total. The van der Waals surface area contributed by atoms with Gasteiger partial charge in [0.05, 0.1) is 24.5 Å². The Bertz CT molecular complexity index is 392. The van der Waals surface area contributed by atoms with Gasteiger partial charge >= 0.3 is 0 Å². The number of nitrogens with zero attached hydrogens (tertiary/aromatic N) is 1. The summed E-state index contributed by atoms with van der Waals surface area (Å²) in [7, 11) is 0. The number of ether oxygens (including phenoxy) is 1. The number of hydrogen-bond acceptors (Lipinski definition) is 5. The van der Waals surface area contributed by atoms with Gasteiger partial charge in [0.15, 0.2) is 0 Å². The summed E-state index contributed by atoms with van der Waals surface area (Å²) < 4.78 is 5.37. The molecule has 1 aromatic rings. The number of hydrogen-bond donors (Lipinski definition) is 3. The fourth-order valence-corrected chi connectivity index (χ4v) is 1.50. The molecule has 4 N–H and O–H groups in total. The molecule has 0 radical (unpaired) electrons. The van der Waals surface area contributed by atoms with E-state index in [-0.39, 0.29) is 11.9 Å². The number of nitrogens with two attached hydrogens (primary N) is 1. The molecular formula is C13H22N4O2. The zero-order valence-corrected chi connectivity index (χ0v) is 11.6. The highest BCUT2D eigenvalue weighted by molar-refractivity contribution is 5.92. The van der Waals surface area contributed by atoms with Gasteiger partial charge in [0.1, 0.15) is 5.69 Å². The van der Waals surface area contributed by atoms with Crippen LogP contribution in [-0.4, -0.2) is 30.1 Å². The summed E-state index contributed by atoms with van der Waals surface area (Å²) in [5.74, 6) is 5.33. The number of amides is 1. The lowest BCUT2D eigenvalue weighted by Gasteiger charge is -2.21. The third-order valence-electron chi connectivity index (χ3n) is 2.79. The van der Waals surface area contributed by atoms with Crippen molar-refractivity contribution in [3.05, 3.63) is 24.0 Å². The molecule has 19 heavy (non-hydrogen) atoms.